The van der Waals surface area contributed by atoms with Gasteiger partial charge >= 0.3 is 0 Å². The molecular weight excluding hydrogens is 368 g/mol. The second-order valence-electron chi connectivity index (χ2n) is 7.50. The molecule has 6 heteroatoms. The maximum Gasteiger partial charge on any atom is 0.159 e. The van der Waals surface area contributed by atoms with E-state index in [0.717, 1.165) is 42.9 Å². The largest absolute Gasteiger partial charge is 0.491 e. The van der Waals surface area contributed by atoms with Crippen LogP contribution in [0.25, 0.3) is 11.0 Å². The second-order valence-corrected chi connectivity index (χ2v) is 7.50. The third-order valence-electron chi connectivity index (χ3n) is 5.37. The highest BCUT2D eigenvalue weighted by molar-refractivity contribution is 5.94. The Labute approximate surface area is 170 Å². The molecular formula is C23H26N2O4. The van der Waals surface area contributed by atoms with Gasteiger partial charge in [0.25, 0.3) is 0 Å². The average Bonchev–Trinajstić information content (AvgIpc) is 3.11. The Balaban J connectivity index is 1.48. The summed E-state index contributed by atoms with van der Waals surface area (Å²) in [5.74, 6) is 2.00. The summed E-state index contributed by atoms with van der Waals surface area (Å²) in [4.78, 5) is 16.2. The molecule has 1 unspecified atom stereocenters. The summed E-state index contributed by atoms with van der Waals surface area (Å²) in [6.07, 6.45) is 1.20. The Bertz CT molecular complexity index is 974. The third kappa shape index (κ3) is 4.49. The number of ether oxygens (including phenoxy) is 2. The van der Waals surface area contributed by atoms with Gasteiger partial charge < -0.3 is 19.1 Å². The van der Waals surface area contributed by atoms with Gasteiger partial charge in [-0.2, -0.15) is 0 Å². The summed E-state index contributed by atoms with van der Waals surface area (Å²) in [6, 6.07) is 15.0. The Morgan fingerprint density at radius 2 is 1.93 bits per heavy atom. The molecule has 6 nitrogen and oxygen atoms in total. The number of fused-ring (bicyclic) bond motifs is 1. The molecule has 1 aliphatic rings. The predicted molar refractivity (Wildman–Crippen MR) is 110 cm³/mol. The molecule has 2 heterocycles. The van der Waals surface area contributed by atoms with Crippen molar-refractivity contribution in [1.82, 2.24) is 9.55 Å². The number of hydrogen-bond acceptors (Lipinski definition) is 5. The van der Waals surface area contributed by atoms with Crippen molar-refractivity contribution in [2.45, 2.75) is 38.3 Å². The predicted octanol–water partition coefficient (Wildman–Crippen LogP) is 3.57. The molecule has 0 aliphatic carbocycles. The number of nitrogens with zero attached hydrogens (tertiary/aromatic N) is 2. The van der Waals surface area contributed by atoms with Crippen molar-refractivity contribution in [2.24, 2.45) is 0 Å². The minimum Gasteiger partial charge on any atom is -0.491 e. The van der Waals surface area contributed by atoms with Crippen LogP contribution in [0.15, 0.2) is 48.5 Å². The SMILES string of the molecule is CC(=O)c1ccc(OCC(O)Cn2c(C3CCOCC3)nc3ccccc32)cc1. The van der Waals surface area contributed by atoms with Crippen LogP contribution in [0.1, 0.15) is 41.9 Å². The number of imidazole rings is 1. The number of Topliss-reactive ketones (excluding diaryl/α,β-unsaturated/α-hetero) is 1. The average molecular weight is 394 g/mol. The molecule has 2 aromatic carbocycles. The van der Waals surface area contributed by atoms with Crippen LogP contribution in [0.5, 0.6) is 5.75 Å². The summed E-state index contributed by atoms with van der Waals surface area (Å²) in [6.45, 7) is 3.61. The molecule has 1 aromatic heterocycles. The normalized spacial score (nSPS) is 16.1. The molecule has 4 rings (SSSR count). The number of aromatic nitrogens is 2. The third-order valence-corrected chi connectivity index (χ3v) is 5.37. The van der Waals surface area contributed by atoms with E-state index < -0.39 is 6.10 Å². The van der Waals surface area contributed by atoms with Gasteiger partial charge in [0.15, 0.2) is 5.78 Å². The molecule has 0 amide bonds. The van der Waals surface area contributed by atoms with Crippen molar-refractivity contribution in [3.05, 3.63) is 59.9 Å². The highest BCUT2D eigenvalue weighted by Gasteiger charge is 2.24. The number of rotatable bonds is 7. The van der Waals surface area contributed by atoms with E-state index in [9.17, 15) is 9.90 Å². The summed E-state index contributed by atoms with van der Waals surface area (Å²) in [7, 11) is 0. The van der Waals surface area contributed by atoms with E-state index in [1.165, 1.54) is 6.92 Å². The van der Waals surface area contributed by atoms with Gasteiger partial charge in [0, 0.05) is 24.7 Å². The second kappa shape index (κ2) is 8.76. The van der Waals surface area contributed by atoms with E-state index in [1.54, 1.807) is 24.3 Å². The van der Waals surface area contributed by atoms with Crippen molar-refractivity contribution in [3.8, 4) is 5.75 Å². The minimum absolute atomic E-state index is 0.0178. The van der Waals surface area contributed by atoms with Crippen molar-refractivity contribution < 1.29 is 19.4 Å². The Kier molecular flexibility index (Phi) is 5.92. The highest BCUT2D eigenvalue weighted by atomic mass is 16.5. The zero-order chi connectivity index (χ0) is 20.2. The van der Waals surface area contributed by atoms with E-state index in [2.05, 4.69) is 4.57 Å². The number of aliphatic hydroxyl groups is 1. The van der Waals surface area contributed by atoms with Gasteiger partial charge in [-0.3, -0.25) is 4.79 Å². The van der Waals surface area contributed by atoms with Gasteiger partial charge in [0.05, 0.1) is 17.6 Å². The van der Waals surface area contributed by atoms with Crippen LogP contribution < -0.4 is 4.74 Å². The van der Waals surface area contributed by atoms with Crippen molar-refractivity contribution in [2.75, 3.05) is 19.8 Å². The zero-order valence-corrected chi connectivity index (χ0v) is 16.6. The van der Waals surface area contributed by atoms with Gasteiger partial charge in [-0.05, 0) is 56.2 Å². The van der Waals surface area contributed by atoms with E-state index in [1.807, 2.05) is 24.3 Å². The Morgan fingerprint density at radius 1 is 1.21 bits per heavy atom. The van der Waals surface area contributed by atoms with E-state index in [4.69, 9.17) is 14.5 Å². The molecule has 0 radical (unpaired) electrons. The number of benzene rings is 2. The maximum atomic E-state index is 11.4. The lowest BCUT2D eigenvalue weighted by Gasteiger charge is -2.23. The topological polar surface area (TPSA) is 73.6 Å². The van der Waals surface area contributed by atoms with Gasteiger partial charge in [-0.25, -0.2) is 4.98 Å². The van der Waals surface area contributed by atoms with Gasteiger partial charge in [-0.1, -0.05) is 12.1 Å². The van der Waals surface area contributed by atoms with Crippen molar-refractivity contribution in [1.29, 1.82) is 0 Å². The first-order chi connectivity index (χ1) is 14.1. The van der Waals surface area contributed by atoms with Gasteiger partial charge in [0.2, 0.25) is 0 Å². The van der Waals surface area contributed by atoms with Crippen LogP contribution in [0.3, 0.4) is 0 Å². The quantitative estimate of drug-likeness (QED) is 0.620. The summed E-state index contributed by atoms with van der Waals surface area (Å²) >= 11 is 0. The minimum atomic E-state index is -0.682. The fourth-order valence-corrected chi connectivity index (χ4v) is 3.80. The number of ketones is 1. The first-order valence-corrected chi connectivity index (χ1v) is 10.1. The lowest BCUT2D eigenvalue weighted by atomic mass is 9.99. The van der Waals surface area contributed by atoms with Crippen LogP contribution in [-0.4, -0.2) is 46.4 Å². The van der Waals surface area contributed by atoms with E-state index in [0.29, 0.717) is 23.8 Å². The standard InChI is InChI=1S/C23H26N2O4/c1-16(26)17-6-8-20(9-7-17)29-15-19(27)14-25-22-5-3-2-4-21(22)24-23(25)18-10-12-28-13-11-18/h2-9,18-19,27H,10-15H2,1H3. The number of hydrogen-bond donors (Lipinski definition) is 1. The molecule has 1 N–H and O–H groups in total. The first kappa shape index (κ1) is 19.6. The molecule has 0 saturated carbocycles. The molecule has 1 atom stereocenters. The molecule has 152 valence electrons. The van der Waals surface area contributed by atoms with Gasteiger partial charge in [0.1, 0.15) is 24.3 Å². The van der Waals surface area contributed by atoms with Gasteiger partial charge in [-0.15, -0.1) is 0 Å². The molecule has 1 saturated heterocycles. The Hall–Kier alpha value is -2.70. The first-order valence-electron chi connectivity index (χ1n) is 10.1. The van der Waals surface area contributed by atoms with Crippen LogP contribution in [-0.2, 0) is 11.3 Å². The molecule has 0 spiro atoms. The molecule has 3 aromatic rings. The Morgan fingerprint density at radius 3 is 2.66 bits per heavy atom. The monoisotopic (exact) mass is 394 g/mol. The number of carbonyl (C=O) groups excluding carboxylic acids is 1. The number of aliphatic hydroxyl groups excluding tert-OH is 1. The van der Waals surface area contributed by atoms with Crippen LogP contribution in [0.2, 0.25) is 0 Å². The van der Waals surface area contributed by atoms with Crippen molar-refractivity contribution in [3.63, 3.8) is 0 Å². The lowest BCUT2D eigenvalue weighted by molar-refractivity contribution is 0.0780. The number of carbonyl (C=O) groups is 1. The fraction of sp³-hybridized carbons (Fsp3) is 0.391. The van der Waals surface area contributed by atoms with Crippen molar-refractivity contribution >= 4 is 16.8 Å². The summed E-state index contributed by atoms with van der Waals surface area (Å²) in [5.41, 5.74) is 2.62. The maximum absolute atomic E-state index is 11.4. The lowest BCUT2D eigenvalue weighted by Crippen LogP contribution is -2.26. The van der Waals surface area contributed by atoms with Crippen LogP contribution >= 0.6 is 0 Å². The molecule has 29 heavy (non-hydrogen) atoms. The highest BCUT2D eigenvalue weighted by Crippen LogP contribution is 2.29. The van der Waals surface area contributed by atoms with Crippen LogP contribution in [0, 0.1) is 0 Å². The van der Waals surface area contributed by atoms with E-state index in [-0.39, 0.29) is 12.4 Å². The smallest absolute Gasteiger partial charge is 0.159 e. The number of para-hydroxylation sites is 2. The summed E-state index contributed by atoms with van der Waals surface area (Å²) in [5, 5.41) is 10.7. The van der Waals surface area contributed by atoms with E-state index >= 15 is 0 Å². The zero-order valence-electron chi connectivity index (χ0n) is 16.6. The van der Waals surface area contributed by atoms with Crippen LogP contribution in [0.4, 0.5) is 0 Å². The summed E-state index contributed by atoms with van der Waals surface area (Å²) < 4.78 is 13.4. The molecule has 0 bridgehead atoms. The molecule has 1 fully saturated rings. The fourth-order valence-electron chi connectivity index (χ4n) is 3.80. The molecule has 1 aliphatic heterocycles.